The fourth-order valence-corrected chi connectivity index (χ4v) is 2.65. The molecular formula is C14H12N3NaS. The van der Waals surface area contributed by atoms with Crippen LogP contribution in [-0.4, -0.2) is 9.97 Å². The van der Waals surface area contributed by atoms with Crippen LogP contribution in [0.5, 0.6) is 0 Å². The van der Waals surface area contributed by atoms with Crippen molar-refractivity contribution in [2.45, 2.75) is 17.8 Å². The summed E-state index contributed by atoms with van der Waals surface area (Å²) in [5, 5.41) is 0.821. The van der Waals surface area contributed by atoms with Crippen LogP contribution in [0.1, 0.15) is 11.3 Å². The smallest absolute Gasteiger partial charge is 0.430 e. The third-order valence-electron chi connectivity index (χ3n) is 2.77. The summed E-state index contributed by atoms with van der Waals surface area (Å²) in [4.78, 5) is 13.3. The molecule has 1 aromatic carbocycles. The molecule has 3 rings (SSSR count). The van der Waals surface area contributed by atoms with Gasteiger partial charge < -0.3 is 9.97 Å². The van der Waals surface area contributed by atoms with Crippen molar-refractivity contribution < 1.29 is 29.6 Å². The Hall–Kier alpha value is -0.810. The van der Waals surface area contributed by atoms with Gasteiger partial charge in [0.05, 0.1) is 5.69 Å². The van der Waals surface area contributed by atoms with Crippen LogP contribution in [0.3, 0.4) is 0 Å². The van der Waals surface area contributed by atoms with E-state index in [1.54, 1.807) is 11.8 Å². The molecule has 0 N–H and O–H groups in total. The van der Waals surface area contributed by atoms with Gasteiger partial charge in [-0.2, -0.15) is 0 Å². The zero-order chi connectivity index (χ0) is 12.4. The number of nitrogens with zero attached hydrogens (tertiary/aromatic N) is 3. The van der Waals surface area contributed by atoms with E-state index in [9.17, 15) is 0 Å². The zero-order valence-electron chi connectivity index (χ0n) is 11.0. The molecule has 0 radical (unpaired) electrons. The molecule has 3 nitrogen and oxygen atoms in total. The van der Waals surface area contributed by atoms with Crippen LogP contribution >= 0.6 is 11.8 Å². The number of fused-ring (bicyclic) bond motifs is 1. The minimum atomic E-state index is 0. The largest absolute Gasteiger partial charge is 1.00 e. The Morgan fingerprint density at radius 1 is 1.16 bits per heavy atom. The van der Waals surface area contributed by atoms with Crippen LogP contribution in [0.2, 0.25) is 0 Å². The second kappa shape index (κ2) is 6.57. The summed E-state index contributed by atoms with van der Waals surface area (Å²) in [6.45, 7) is 2.07. The first-order valence-electron chi connectivity index (χ1n) is 5.76. The van der Waals surface area contributed by atoms with E-state index in [-0.39, 0.29) is 29.6 Å². The quantitative estimate of drug-likeness (QED) is 0.506. The van der Waals surface area contributed by atoms with Crippen LogP contribution in [-0.2, 0) is 5.75 Å². The van der Waals surface area contributed by atoms with Crippen LogP contribution in [0.25, 0.3) is 11.0 Å². The van der Waals surface area contributed by atoms with Crippen LogP contribution in [0.4, 0.5) is 0 Å². The molecule has 0 aliphatic rings. The molecule has 0 amide bonds. The van der Waals surface area contributed by atoms with E-state index in [1.165, 1.54) is 5.56 Å². The van der Waals surface area contributed by atoms with E-state index in [1.807, 2.05) is 36.5 Å². The Bertz CT molecular complexity index is 648. The molecule has 19 heavy (non-hydrogen) atoms. The summed E-state index contributed by atoms with van der Waals surface area (Å²) in [6.07, 6.45) is 1.82. The van der Waals surface area contributed by atoms with Crippen molar-refractivity contribution in [3.05, 3.63) is 53.9 Å². The average Bonchev–Trinajstić information content (AvgIpc) is 2.80. The van der Waals surface area contributed by atoms with Gasteiger partial charge in [0.25, 0.3) is 0 Å². The van der Waals surface area contributed by atoms with Gasteiger partial charge in [-0.05, 0) is 34.7 Å². The number of benzene rings is 1. The molecule has 5 heteroatoms. The maximum atomic E-state index is 4.48. The second-order valence-electron chi connectivity index (χ2n) is 4.05. The van der Waals surface area contributed by atoms with Crippen molar-refractivity contribution in [3.8, 4) is 0 Å². The fraction of sp³-hybridized carbons (Fsp3) is 0.143. The molecule has 0 saturated heterocycles. The van der Waals surface area contributed by atoms with Gasteiger partial charge in [-0.1, -0.05) is 30.3 Å². The van der Waals surface area contributed by atoms with E-state index >= 15 is 0 Å². The molecule has 90 valence electrons. The van der Waals surface area contributed by atoms with Crippen molar-refractivity contribution in [1.82, 2.24) is 15.0 Å². The van der Waals surface area contributed by atoms with Crippen molar-refractivity contribution in [1.29, 1.82) is 0 Å². The molecule has 0 fully saturated rings. The number of hydrogen-bond acceptors (Lipinski definition) is 3. The average molecular weight is 277 g/mol. The SMILES string of the molecule is Cc1cccnc1CSc1nc2ccccc2[n-]1.[Na+]. The minimum Gasteiger partial charge on any atom is -0.430 e. The third-order valence-corrected chi connectivity index (χ3v) is 3.63. The number of aromatic nitrogens is 3. The number of thioether (sulfide) groups is 1. The Kier molecular flexibility index (Phi) is 5.05. The van der Waals surface area contributed by atoms with Crippen molar-refractivity contribution in [2.24, 2.45) is 0 Å². The van der Waals surface area contributed by atoms with Crippen molar-refractivity contribution in [3.63, 3.8) is 0 Å². The molecular weight excluding hydrogens is 265 g/mol. The number of hydrogen-bond donors (Lipinski definition) is 0. The molecule has 0 spiro atoms. The summed E-state index contributed by atoms with van der Waals surface area (Å²) in [7, 11) is 0. The monoisotopic (exact) mass is 277 g/mol. The number of rotatable bonds is 3. The van der Waals surface area contributed by atoms with E-state index in [4.69, 9.17) is 0 Å². The summed E-state index contributed by atoms with van der Waals surface area (Å²) in [5.41, 5.74) is 4.22. The number of aryl methyl sites for hydroxylation is 1. The molecule has 2 heterocycles. The molecule has 0 atom stereocenters. The number of pyridine rings is 1. The maximum absolute atomic E-state index is 4.48. The topological polar surface area (TPSA) is 39.9 Å². The standard InChI is InChI=1S/C14H12N3S.Na/c1-10-5-4-8-15-13(10)9-18-14-16-11-6-2-3-7-12(11)17-14;/h2-8H,9H2,1H3;/q-1;+1. The van der Waals surface area contributed by atoms with Crippen LogP contribution in [0.15, 0.2) is 47.8 Å². The fourth-order valence-electron chi connectivity index (χ4n) is 1.75. The van der Waals surface area contributed by atoms with Gasteiger partial charge in [0.1, 0.15) is 0 Å². The van der Waals surface area contributed by atoms with E-state index in [2.05, 4.69) is 27.9 Å². The first-order chi connectivity index (χ1) is 8.83. The molecule has 3 aromatic rings. The predicted octanol–water partition coefficient (Wildman–Crippen LogP) is 0.192. The number of imidazole rings is 1. The molecule has 2 aromatic heterocycles. The molecule has 0 bridgehead atoms. The Labute approximate surface area is 138 Å². The van der Waals surface area contributed by atoms with E-state index < -0.39 is 0 Å². The molecule has 0 saturated carbocycles. The summed E-state index contributed by atoms with van der Waals surface area (Å²) >= 11 is 1.63. The molecule has 0 aliphatic carbocycles. The van der Waals surface area contributed by atoms with E-state index in [0.29, 0.717) is 0 Å². The van der Waals surface area contributed by atoms with Gasteiger partial charge >= 0.3 is 29.6 Å². The van der Waals surface area contributed by atoms with Gasteiger partial charge in [-0.15, -0.1) is 11.8 Å². The van der Waals surface area contributed by atoms with Gasteiger partial charge in [-0.3, -0.25) is 4.98 Å². The first kappa shape index (κ1) is 14.6. The minimum absolute atomic E-state index is 0. The Morgan fingerprint density at radius 3 is 2.79 bits per heavy atom. The third kappa shape index (κ3) is 3.39. The van der Waals surface area contributed by atoms with Crippen LogP contribution in [0, 0.1) is 6.92 Å². The van der Waals surface area contributed by atoms with Gasteiger partial charge in [0.2, 0.25) is 0 Å². The predicted molar refractivity (Wildman–Crippen MR) is 73.6 cm³/mol. The van der Waals surface area contributed by atoms with Gasteiger partial charge in [0.15, 0.2) is 0 Å². The Balaban J connectivity index is 0.00000133. The molecule has 0 unspecified atom stereocenters. The summed E-state index contributed by atoms with van der Waals surface area (Å²) in [5.74, 6) is 0.809. The number of para-hydroxylation sites is 2. The van der Waals surface area contributed by atoms with Gasteiger partial charge in [-0.25, -0.2) is 0 Å². The molecule has 0 aliphatic heterocycles. The zero-order valence-corrected chi connectivity index (χ0v) is 13.8. The maximum Gasteiger partial charge on any atom is 1.00 e. The second-order valence-corrected chi connectivity index (χ2v) is 4.99. The summed E-state index contributed by atoms with van der Waals surface area (Å²) < 4.78 is 0. The van der Waals surface area contributed by atoms with Crippen LogP contribution < -0.4 is 34.5 Å². The normalized spacial score (nSPS) is 10.4. The first-order valence-corrected chi connectivity index (χ1v) is 6.74. The summed E-state index contributed by atoms with van der Waals surface area (Å²) in [6, 6.07) is 12.0. The van der Waals surface area contributed by atoms with Crippen molar-refractivity contribution >= 4 is 22.8 Å². The van der Waals surface area contributed by atoms with E-state index in [0.717, 1.165) is 27.6 Å². The Morgan fingerprint density at radius 2 is 2.00 bits per heavy atom. The van der Waals surface area contributed by atoms with Crippen molar-refractivity contribution in [2.75, 3.05) is 0 Å². The van der Waals surface area contributed by atoms with Gasteiger partial charge in [0, 0.05) is 11.9 Å².